The quantitative estimate of drug-likeness (QED) is 0.450. The minimum absolute atomic E-state index is 0.00262. The number of hydrogen-bond acceptors (Lipinski definition) is 9. The summed E-state index contributed by atoms with van der Waals surface area (Å²) >= 11 is 0. The molecule has 1 aromatic heterocycles. The van der Waals surface area contributed by atoms with Crippen LogP contribution in [0.1, 0.15) is 61.8 Å². The summed E-state index contributed by atoms with van der Waals surface area (Å²) in [5, 5.41) is 13.6. The number of anilines is 1. The van der Waals surface area contributed by atoms with Gasteiger partial charge in [0.2, 0.25) is 20.7 Å². The third-order valence-electron chi connectivity index (χ3n) is 7.35. The summed E-state index contributed by atoms with van der Waals surface area (Å²) < 4.78 is 33.6. The number of benzene rings is 1. The molecule has 0 radical (unpaired) electrons. The summed E-state index contributed by atoms with van der Waals surface area (Å²) in [6, 6.07) is 2.09. The molecule has 0 amide bonds. The van der Waals surface area contributed by atoms with Crippen molar-refractivity contribution >= 4 is 21.7 Å². The van der Waals surface area contributed by atoms with Crippen LogP contribution in [-0.4, -0.2) is 48.9 Å². The van der Waals surface area contributed by atoms with Gasteiger partial charge < -0.3 is 20.7 Å². The summed E-state index contributed by atoms with van der Waals surface area (Å²) in [6.45, 7) is 9.52. The van der Waals surface area contributed by atoms with Crippen LogP contribution >= 0.6 is 0 Å². The molecule has 2 unspecified atom stereocenters. The standard InChI is InChI=1S/C26H37N7O3S/c1-15(2)37(34,35)25-21(14-33(5)32-25)30-22-8-10-29-26(27,31-22)20-11-16(3)23(18-7-6-9-28-13-18)19-12-17(4)36-24(19)20/h8,10-11,14-15,17-18,28,30-31H,6-7,9,12-13,27H2,1-5H3/t17-,18?,26?/m1/s1. The fourth-order valence-corrected chi connectivity index (χ4v) is 6.65. The first kappa shape index (κ1) is 25.7. The maximum atomic E-state index is 12.9. The highest BCUT2D eigenvalue weighted by atomic mass is 32.2. The highest BCUT2D eigenvalue weighted by Gasteiger charge is 2.39. The number of rotatable bonds is 6. The van der Waals surface area contributed by atoms with Crippen LogP contribution in [-0.2, 0) is 29.1 Å². The van der Waals surface area contributed by atoms with E-state index in [4.69, 9.17) is 10.5 Å². The van der Waals surface area contributed by atoms with Gasteiger partial charge >= 0.3 is 0 Å². The maximum absolute atomic E-state index is 12.9. The Hall–Kier alpha value is -2.89. The number of sulfone groups is 1. The molecule has 5 rings (SSSR count). The Morgan fingerprint density at radius 1 is 1.35 bits per heavy atom. The number of fused-ring (bicyclic) bond motifs is 1. The third kappa shape index (κ3) is 4.64. The Balaban J connectivity index is 1.48. The van der Waals surface area contributed by atoms with E-state index in [1.807, 2.05) is 0 Å². The van der Waals surface area contributed by atoms with Gasteiger partial charge in [0.1, 0.15) is 17.7 Å². The van der Waals surface area contributed by atoms with Crippen molar-refractivity contribution in [3.05, 3.63) is 46.4 Å². The lowest BCUT2D eigenvalue weighted by Crippen LogP contribution is -2.51. The molecule has 11 heteroatoms. The predicted molar refractivity (Wildman–Crippen MR) is 145 cm³/mol. The highest BCUT2D eigenvalue weighted by molar-refractivity contribution is 7.92. The normalized spacial score (nSPS) is 25.4. The van der Waals surface area contributed by atoms with Gasteiger partial charge in [-0.05, 0) is 76.3 Å². The fourth-order valence-electron chi connectivity index (χ4n) is 5.55. The summed E-state index contributed by atoms with van der Waals surface area (Å²) in [4.78, 5) is 4.61. The van der Waals surface area contributed by atoms with Crippen LogP contribution in [0, 0.1) is 6.92 Å². The number of nitrogens with one attached hydrogen (secondary N) is 3. The molecule has 10 nitrogen and oxygen atoms in total. The van der Waals surface area contributed by atoms with Crippen molar-refractivity contribution in [2.45, 2.75) is 75.0 Å². The zero-order valence-electron chi connectivity index (χ0n) is 22.1. The average molecular weight is 528 g/mol. The topological polar surface area (TPSA) is 136 Å². The van der Waals surface area contributed by atoms with Crippen LogP contribution in [0.25, 0.3) is 0 Å². The monoisotopic (exact) mass is 527 g/mol. The van der Waals surface area contributed by atoms with E-state index in [1.165, 1.54) is 21.4 Å². The lowest BCUT2D eigenvalue weighted by atomic mass is 9.82. The SMILES string of the molecule is Cc1cc(C2(N)N=CC=C(Nc3cn(C)nc3S(=O)(=O)C(C)C)N2)c2c(c1C1CCCNC1)C[C@@H](C)O2. The van der Waals surface area contributed by atoms with Crippen molar-refractivity contribution in [3.63, 3.8) is 0 Å². The van der Waals surface area contributed by atoms with Crippen LogP contribution in [0.3, 0.4) is 0 Å². The van der Waals surface area contributed by atoms with Crippen molar-refractivity contribution in [1.29, 1.82) is 0 Å². The number of aromatic nitrogens is 2. The van der Waals surface area contributed by atoms with E-state index in [0.717, 1.165) is 43.7 Å². The first-order valence-electron chi connectivity index (χ1n) is 12.9. The molecule has 3 aliphatic rings. The molecule has 1 fully saturated rings. The number of hydrogen-bond donors (Lipinski definition) is 4. The molecule has 0 aliphatic carbocycles. The Labute approximate surface area is 218 Å². The van der Waals surface area contributed by atoms with E-state index >= 15 is 0 Å². The largest absolute Gasteiger partial charge is 0.490 e. The van der Waals surface area contributed by atoms with Gasteiger partial charge in [0.15, 0.2) is 0 Å². The van der Waals surface area contributed by atoms with Crippen LogP contribution in [0.15, 0.2) is 34.2 Å². The van der Waals surface area contributed by atoms with Crippen molar-refractivity contribution < 1.29 is 13.2 Å². The van der Waals surface area contributed by atoms with Crippen molar-refractivity contribution in [2.75, 3.05) is 18.4 Å². The van der Waals surface area contributed by atoms with Crippen molar-refractivity contribution in [1.82, 2.24) is 20.4 Å². The Morgan fingerprint density at radius 2 is 2.14 bits per heavy atom. The first-order chi connectivity index (χ1) is 17.5. The first-order valence-corrected chi connectivity index (χ1v) is 14.5. The molecular weight excluding hydrogens is 490 g/mol. The fraction of sp³-hybridized carbons (Fsp3) is 0.538. The zero-order chi connectivity index (χ0) is 26.5. The predicted octanol–water partition coefficient (Wildman–Crippen LogP) is 2.40. The van der Waals surface area contributed by atoms with Crippen molar-refractivity contribution in [3.8, 4) is 5.75 Å². The second-order valence-electron chi connectivity index (χ2n) is 10.6. The lowest BCUT2D eigenvalue weighted by molar-refractivity contribution is 0.245. The Kier molecular flexibility index (Phi) is 6.57. The number of piperidine rings is 1. The number of nitrogens with zero attached hydrogens (tertiary/aromatic N) is 3. The number of aliphatic imine (C=N–C) groups is 1. The van der Waals surface area contributed by atoms with Gasteiger partial charge in [-0.25, -0.2) is 13.4 Å². The molecule has 37 heavy (non-hydrogen) atoms. The van der Waals surface area contributed by atoms with E-state index in [9.17, 15) is 8.42 Å². The van der Waals surface area contributed by atoms with Gasteiger partial charge in [0.25, 0.3) is 0 Å². The molecule has 4 heterocycles. The van der Waals surface area contributed by atoms with E-state index in [2.05, 4.69) is 46.0 Å². The van der Waals surface area contributed by atoms with E-state index in [-0.39, 0.29) is 11.1 Å². The van der Waals surface area contributed by atoms with Crippen LogP contribution < -0.4 is 26.4 Å². The molecule has 1 aromatic carbocycles. The molecule has 0 saturated carbocycles. The van der Waals surface area contributed by atoms with E-state index in [1.54, 1.807) is 39.4 Å². The summed E-state index contributed by atoms with van der Waals surface area (Å²) in [6.07, 6.45) is 8.19. The highest BCUT2D eigenvalue weighted by Crippen LogP contribution is 2.44. The summed E-state index contributed by atoms with van der Waals surface area (Å²) in [5.74, 6) is 0.477. The molecule has 3 atom stereocenters. The van der Waals surface area contributed by atoms with Gasteiger partial charge in [-0.3, -0.25) is 10.4 Å². The molecule has 3 aliphatic heterocycles. The van der Waals surface area contributed by atoms with Gasteiger partial charge in [-0.1, -0.05) is 0 Å². The smallest absolute Gasteiger partial charge is 0.213 e. The molecule has 200 valence electrons. The van der Waals surface area contributed by atoms with Gasteiger partial charge in [0.05, 0.1) is 16.5 Å². The van der Waals surface area contributed by atoms with Crippen LogP contribution in [0.5, 0.6) is 5.75 Å². The second-order valence-corrected chi connectivity index (χ2v) is 13.0. The van der Waals surface area contributed by atoms with Crippen molar-refractivity contribution in [2.24, 2.45) is 17.8 Å². The second kappa shape index (κ2) is 9.45. The van der Waals surface area contributed by atoms with Crippen LogP contribution in [0.2, 0.25) is 0 Å². The molecule has 0 spiro atoms. The van der Waals surface area contributed by atoms with E-state index < -0.39 is 20.9 Å². The Bertz CT molecular complexity index is 1370. The zero-order valence-corrected chi connectivity index (χ0v) is 22.9. The molecule has 0 bridgehead atoms. The minimum atomic E-state index is -3.59. The maximum Gasteiger partial charge on any atom is 0.213 e. The number of ether oxygens (including phenoxy) is 1. The number of nitrogens with two attached hydrogens (primary N) is 1. The van der Waals surface area contributed by atoms with E-state index in [0.29, 0.717) is 17.4 Å². The average Bonchev–Trinajstić information content (AvgIpc) is 3.40. The summed E-state index contributed by atoms with van der Waals surface area (Å²) in [5.41, 5.74) is 11.8. The Morgan fingerprint density at radius 3 is 2.84 bits per heavy atom. The lowest BCUT2D eigenvalue weighted by Gasteiger charge is -2.34. The third-order valence-corrected chi connectivity index (χ3v) is 9.44. The number of allylic oxidation sites excluding steroid dienone is 1. The van der Waals surface area contributed by atoms with Gasteiger partial charge in [-0.15, -0.1) is 0 Å². The molecule has 2 aromatic rings. The van der Waals surface area contributed by atoms with Crippen LogP contribution in [0.4, 0.5) is 5.69 Å². The molecule has 5 N–H and O–H groups in total. The number of aryl methyl sites for hydroxylation is 2. The molecule has 1 saturated heterocycles. The molecular formula is C26H37N7O3S. The van der Waals surface area contributed by atoms with Gasteiger partial charge in [0, 0.05) is 38.0 Å². The van der Waals surface area contributed by atoms with Gasteiger partial charge in [-0.2, -0.15) is 5.10 Å². The minimum Gasteiger partial charge on any atom is -0.490 e. The summed E-state index contributed by atoms with van der Waals surface area (Å²) in [7, 11) is -1.90.